The zero-order valence-corrected chi connectivity index (χ0v) is 16.9. The van der Waals surface area contributed by atoms with Gasteiger partial charge >= 0.3 is 0 Å². The molecule has 152 valence electrons. The Labute approximate surface area is 175 Å². The molecule has 9 nitrogen and oxygen atoms in total. The summed E-state index contributed by atoms with van der Waals surface area (Å²) in [6.45, 7) is -0.0316. The van der Waals surface area contributed by atoms with Gasteiger partial charge in [0, 0.05) is 11.6 Å². The van der Waals surface area contributed by atoms with Gasteiger partial charge in [-0.1, -0.05) is 23.9 Å². The van der Waals surface area contributed by atoms with E-state index in [4.69, 9.17) is 9.47 Å². The van der Waals surface area contributed by atoms with Crippen LogP contribution in [0.5, 0.6) is 11.5 Å². The number of hydrogen-bond acceptors (Lipinski definition) is 8. The van der Waals surface area contributed by atoms with Crippen molar-refractivity contribution in [3.8, 4) is 28.8 Å². The Morgan fingerprint density at radius 2 is 2.03 bits per heavy atom. The summed E-state index contributed by atoms with van der Waals surface area (Å²) in [7, 11) is 1.45. The van der Waals surface area contributed by atoms with Crippen LogP contribution in [0.2, 0.25) is 0 Å². The monoisotopic (exact) mass is 424 g/mol. The largest absolute Gasteiger partial charge is 0.493 e. The molecule has 0 aliphatic heterocycles. The summed E-state index contributed by atoms with van der Waals surface area (Å²) < 4.78 is 11.1. The first-order valence-corrected chi connectivity index (χ1v) is 9.82. The average molecular weight is 424 g/mol. The maximum Gasteiger partial charge on any atom is 0.276 e. The van der Waals surface area contributed by atoms with Crippen LogP contribution < -0.4 is 15.0 Å². The van der Waals surface area contributed by atoms with Crippen LogP contribution in [0.4, 0.5) is 5.69 Å². The van der Waals surface area contributed by atoms with Gasteiger partial charge in [0.2, 0.25) is 0 Å². The molecule has 1 N–H and O–H groups in total. The van der Waals surface area contributed by atoms with Gasteiger partial charge in [0.15, 0.2) is 16.7 Å². The van der Waals surface area contributed by atoms with E-state index in [1.807, 2.05) is 6.07 Å². The van der Waals surface area contributed by atoms with Gasteiger partial charge in [-0.2, -0.15) is 5.26 Å². The molecule has 0 saturated heterocycles. The highest BCUT2D eigenvalue weighted by Crippen LogP contribution is 2.34. The van der Waals surface area contributed by atoms with Gasteiger partial charge in [-0.05, 0) is 30.5 Å². The number of rotatable bonds is 7. The van der Waals surface area contributed by atoms with E-state index in [1.165, 1.54) is 24.9 Å². The van der Waals surface area contributed by atoms with Crippen LogP contribution in [0.3, 0.4) is 0 Å². The minimum Gasteiger partial charge on any atom is -0.493 e. The molecule has 0 aliphatic rings. The Morgan fingerprint density at radius 1 is 1.27 bits per heavy atom. The minimum atomic E-state index is -0.525. The Morgan fingerprint density at radius 3 is 2.70 bits per heavy atom. The second kappa shape index (κ2) is 9.11. The highest BCUT2D eigenvalue weighted by molar-refractivity contribution is 7.98. The molecule has 0 saturated carbocycles. The lowest BCUT2D eigenvalue weighted by Gasteiger charge is -2.13. The topological polar surface area (TPSA) is 131 Å². The summed E-state index contributed by atoms with van der Waals surface area (Å²) in [5.74, 6) is 0.690. The predicted molar refractivity (Wildman–Crippen MR) is 111 cm³/mol. The van der Waals surface area contributed by atoms with E-state index in [9.17, 15) is 20.2 Å². The number of nitro benzene ring substituents is 1. The molecule has 30 heavy (non-hydrogen) atoms. The number of hydrogen-bond donors (Lipinski definition) is 1. The zero-order valence-electron chi connectivity index (χ0n) is 16.0. The van der Waals surface area contributed by atoms with E-state index in [0.717, 1.165) is 0 Å². The molecule has 10 heteroatoms. The van der Waals surface area contributed by atoms with Crippen LogP contribution in [0.25, 0.3) is 11.3 Å². The highest BCUT2D eigenvalue weighted by atomic mass is 32.2. The Balaban J connectivity index is 1.96. The fraction of sp³-hybridized carbons (Fsp3) is 0.150. The van der Waals surface area contributed by atoms with Crippen molar-refractivity contribution in [1.29, 1.82) is 5.26 Å². The summed E-state index contributed by atoms with van der Waals surface area (Å²) in [6, 6.07) is 13.0. The molecule has 2 aromatic carbocycles. The number of nitrogens with zero attached hydrogens (tertiary/aromatic N) is 3. The molecule has 0 bridgehead atoms. The quantitative estimate of drug-likeness (QED) is 0.264. The van der Waals surface area contributed by atoms with Crippen LogP contribution in [0.15, 0.2) is 52.4 Å². The third-order valence-corrected chi connectivity index (χ3v) is 4.79. The number of methoxy groups -OCH3 is 1. The van der Waals surface area contributed by atoms with Crippen molar-refractivity contribution < 1.29 is 14.4 Å². The first-order chi connectivity index (χ1) is 14.5. The van der Waals surface area contributed by atoms with Crippen molar-refractivity contribution in [2.75, 3.05) is 13.4 Å². The summed E-state index contributed by atoms with van der Waals surface area (Å²) >= 11 is 1.25. The lowest BCUT2D eigenvalue weighted by atomic mass is 10.1. The summed E-state index contributed by atoms with van der Waals surface area (Å²) in [6.07, 6.45) is 1.76. The van der Waals surface area contributed by atoms with E-state index >= 15 is 0 Å². The van der Waals surface area contributed by atoms with Crippen LogP contribution in [0, 0.1) is 21.4 Å². The number of nitrogens with one attached hydrogen (secondary N) is 1. The number of aromatic nitrogens is 2. The Bertz CT molecular complexity index is 1200. The van der Waals surface area contributed by atoms with E-state index < -0.39 is 10.5 Å². The van der Waals surface area contributed by atoms with Gasteiger partial charge < -0.3 is 14.5 Å². The number of nitriles is 1. The number of thioether (sulfide) groups is 1. The smallest absolute Gasteiger partial charge is 0.276 e. The zero-order chi connectivity index (χ0) is 21.7. The molecular weight excluding hydrogens is 408 g/mol. The SMILES string of the molecule is COc1cc(-c2nc(SC)[nH]c(=O)c2C#N)ccc1OCc1ccccc1[N+](=O)[O-]. The normalized spacial score (nSPS) is 10.3. The molecular formula is C20H16N4O5S. The van der Waals surface area contributed by atoms with Gasteiger partial charge in [-0.3, -0.25) is 14.9 Å². The molecule has 0 atom stereocenters. The second-order valence-electron chi connectivity index (χ2n) is 5.95. The average Bonchev–Trinajstić information content (AvgIpc) is 2.77. The number of benzene rings is 2. The van der Waals surface area contributed by atoms with Gasteiger partial charge in [0.1, 0.15) is 18.2 Å². The van der Waals surface area contributed by atoms with Crippen LogP contribution in [-0.4, -0.2) is 28.3 Å². The van der Waals surface area contributed by atoms with Crippen LogP contribution in [0.1, 0.15) is 11.1 Å². The van der Waals surface area contributed by atoms with Gasteiger partial charge in [0.25, 0.3) is 11.2 Å². The Hall–Kier alpha value is -3.84. The predicted octanol–water partition coefficient (Wildman–Crippen LogP) is 3.53. The number of nitro groups is 1. The number of para-hydroxylation sites is 1. The molecule has 1 heterocycles. The van der Waals surface area contributed by atoms with Crippen molar-refractivity contribution in [3.05, 3.63) is 74.1 Å². The van der Waals surface area contributed by atoms with E-state index in [0.29, 0.717) is 27.8 Å². The molecule has 3 aromatic rings. The van der Waals surface area contributed by atoms with Gasteiger partial charge in [0.05, 0.1) is 23.3 Å². The van der Waals surface area contributed by atoms with E-state index in [2.05, 4.69) is 9.97 Å². The fourth-order valence-corrected chi connectivity index (χ4v) is 3.14. The summed E-state index contributed by atoms with van der Waals surface area (Å²) in [5.41, 5.74) is 0.480. The number of aromatic amines is 1. The summed E-state index contributed by atoms with van der Waals surface area (Å²) in [4.78, 5) is 29.7. The first-order valence-electron chi connectivity index (χ1n) is 8.60. The maximum absolute atomic E-state index is 12.1. The maximum atomic E-state index is 12.1. The Kier molecular flexibility index (Phi) is 6.34. The number of H-pyrrole nitrogens is 1. The van der Waals surface area contributed by atoms with Crippen molar-refractivity contribution in [2.45, 2.75) is 11.8 Å². The van der Waals surface area contributed by atoms with Crippen molar-refractivity contribution in [1.82, 2.24) is 9.97 Å². The van der Waals surface area contributed by atoms with Gasteiger partial charge in [-0.25, -0.2) is 4.98 Å². The molecule has 1 aromatic heterocycles. The summed E-state index contributed by atoms with van der Waals surface area (Å²) in [5, 5.41) is 20.9. The molecule has 0 fully saturated rings. The standard InChI is InChI=1S/C20H16N4O5S/c1-28-17-9-12(18-14(10-21)19(25)23-20(22-18)30-2)7-8-16(17)29-11-13-5-3-4-6-15(13)24(26)27/h3-9H,11H2,1-2H3,(H,22,23,25). The molecule has 0 unspecified atom stereocenters. The first kappa shape index (κ1) is 20.9. The molecule has 0 radical (unpaired) electrons. The number of ether oxygens (including phenoxy) is 2. The third kappa shape index (κ3) is 4.26. The van der Waals surface area contributed by atoms with Crippen LogP contribution >= 0.6 is 11.8 Å². The van der Waals surface area contributed by atoms with Crippen molar-refractivity contribution >= 4 is 17.4 Å². The molecule has 0 spiro atoms. The van der Waals surface area contributed by atoms with E-state index in [1.54, 1.807) is 42.7 Å². The van der Waals surface area contributed by atoms with Crippen molar-refractivity contribution in [3.63, 3.8) is 0 Å². The lowest BCUT2D eigenvalue weighted by Crippen LogP contribution is -2.14. The van der Waals surface area contributed by atoms with Gasteiger partial charge in [-0.15, -0.1) is 0 Å². The molecule has 0 amide bonds. The van der Waals surface area contributed by atoms with Crippen molar-refractivity contribution in [2.24, 2.45) is 0 Å². The second-order valence-corrected chi connectivity index (χ2v) is 6.75. The van der Waals surface area contributed by atoms with E-state index in [-0.39, 0.29) is 23.6 Å². The lowest BCUT2D eigenvalue weighted by molar-refractivity contribution is -0.385. The van der Waals surface area contributed by atoms with Crippen LogP contribution in [-0.2, 0) is 6.61 Å². The minimum absolute atomic E-state index is 0.0316. The molecule has 0 aliphatic carbocycles. The molecule has 3 rings (SSSR count). The third-order valence-electron chi connectivity index (χ3n) is 4.21. The fourth-order valence-electron chi connectivity index (χ4n) is 2.76. The highest BCUT2D eigenvalue weighted by Gasteiger charge is 2.17.